The lowest BCUT2D eigenvalue weighted by Gasteiger charge is -1.95. The van der Waals surface area contributed by atoms with E-state index in [2.05, 4.69) is 14.6 Å². The molecule has 0 aliphatic heterocycles. The van der Waals surface area contributed by atoms with Gasteiger partial charge in [-0.3, -0.25) is 0 Å². The van der Waals surface area contributed by atoms with Crippen LogP contribution in [0.1, 0.15) is 6.92 Å². The van der Waals surface area contributed by atoms with E-state index < -0.39 is 0 Å². The van der Waals surface area contributed by atoms with Crippen LogP contribution in [0.5, 0.6) is 0 Å². The van der Waals surface area contributed by atoms with Gasteiger partial charge in [0.05, 0.1) is 0 Å². The zero-order chi connectivity index (χ0) is 6.24. The van der Waals surface area contributed by atoms with Crippen LogP contribution in [0.4, 0.5) is 0 Å². The van der Waals surface area contributed by atoms with Gasteiger partial charge in [0.15, 0.2) is 0 Å². The van der Waals surface area contributed by atoms with Crippen LogP contribution >= 0.6 is 0 Å². The molecule has 0 atom stereocenters. The molecule has 0 amide bonds. The quantitative estimate of drug-likeness (QED) is 0.391. The van der Waals surface area contributed by atoms with Crippen LogP contribution in [-0.4, -0.2) is 37.1 Å². The summed E-state index contributed by atoms with van der Waals surface area (Å²) in [5.41, 5.74) is 0. The molecule has 0 bridgehead atoms. The lowest BCUT2D eigenvalue weighted by atomic mass is 10.9. The van der Waals surface area contributed by atoms with Crippen molar-refractivity contribution in [2.45, 2.75) is 6.92 Å². The molecule has 0 aromatic rings. The van der Waals surface area contributed by atoms with Gasteiger partial charge in [0.2, 0.25) is 10.5 Å². The summed E-state index contributed by atoms with van der Waals surface area (Å²) in [7, 11) is 2.90. The summed E-state index contributed by atoms with van der Waals surface area (Å²) in [6.07, 6.45) is 0. The predicted octanol–water partition coefficient (Wildman–Crippen LogP) is -0.792. The van der Waals surface area contributed by atoms with E-state index in [4.69, 9.17) is 8.54 Å². The van der Waals surface area contributed by atoms with Crippen LogP contribution in [0, 0.1) is 0 Å². The van der Waals surface area contributed by atoms with E-state index in [9.17, 15) is 0 Å². The molecule has 0 aliphatic carbocycles. The Morgan fingerprint density at radius 1 is 1.50 bits per heavy atom. The molecule has 0 heterocycles. The second-order valence-electron chi connectivity index (χ2n) is 0.804. The molecule has 43 valence electrons. The van der Waals surface area contributed by atoms with E-state index in [1.807, 2.05) is 6.92 Å². The predicted molar refractivity (Wildman–Crippen MR) is 31.1 cm³/mol. The third-order valence-corrected chi connectivity index (χ3v) is 1.73. The van der Waals surface area contributed by atoms with Crippen molar-refractivity contribution in [2.24, 2.45) is 0 Å². The second-order valence-corrected chi connectivity index (χ2v) is 3.06. The van der Waals surface area contributed by atoms with Crippen LogP contribution in [0.25, 0.3) is 0 Å². The molecule has 0 aliphatic rings. The Kier molecular flexibility index (Phi) is 8.03. The first-order valence-corrected chi connectivity index (χ1v) is 4.06. The minimum atomic E-state index is 0.0256. The monoisotopic (exact) mass is 161 g/mol. The van der Waals surface area contributed by atoms with Gasteiger partial charge in [0, 0.05) is 6.61 Å². The molecular weight excluding hydrogens is 156 g/mol. The highest BCUT2D eigenvalue weighted by atomic mass is 28.4. The average Bonchev–Trinajstić information content (AvgIpc) is 1.81. The first-order valence-electron chi connectivity index (χ1n) is 2.02. The maximum Gasteiger partial charge on any atom is 0.423 e. The molecule has 0 aromatic heterocycles. The SMILES string of the molecule is CCO[Si]O[Si]O[Si]. The van der Waals surface area contributed by atoms with Crippen LogP contribution in [-0.2, 0) is 12.7 Å². The van der Waals surface area contributed by atoms with Crippen molar-refractivity contribution in [3.05, 3.63) is 0 Å². The molecule has 0 aromatic carbocycles. The highest BCUT2D eigenvalue weighted by Gasteiger charge is 1.90. The van der Waals surface area contributed by atoms with Gasteiger partial charge in [0.1, 0.15) is 0 Å². The van der Waals surface area contributed by atoms with Crippen molar-refractivity contribution in [2.75, 3.05) is 6.61 Å². The number of hydrogen-bond acceptors (Lipinski definition) is 3. The van der Waals surface area contributed by atoms with Crippen molar-refractivity contribution < 1.29 is 12.7 Å². The Hall–Kier alpha value is 0.531. The van der Waals surface area contributed by atoms with Crippen molar-refractivity contribution in [3.8, 4) is 0 Å². The largest absolute Gasteiger partial charge is 0.435 e. The summed E-state index contributed by atoms with van der Waals surface area (Å²) in [6, 6.07) is 0. The lowest BCUT2D eigenvalue weighted by molar-refractivity contribution is 0.302. The van der Waals surface area contributed by atoms with Crippen molar-refractivity contribution in [1.82, 2.24) is 0 Å². The molecule has 0 saturated carbocycles. The van der Waals surface area contributed by atoms with Crippen LogP contribution in [0.15, 0.2) is 0 Å². The fourth-order valence-corrected chi connectivity index (χ4v) is 1.16. The Morgan fingerprint density at radius 3 is 2.75 bits per heavy atom. The van der Waals surface area contributed by atoms with Crippen molar-refractivity contribution in [3.63, 3.8) is 0 Å². The normalized spacial score (nSPS) is 9.75. The molecular formula is C2H5O3Si3. The van der Waals surface area contributed by atoms with Gasteiger partial charge in [-0.25, -0.2) is 0 Å². The van der Waals surface area contributed by atoms with Crippen LogP contribution in [0.3, 0.4) is 0 Å². The maximum atomic E-state index is 4.85. The van der Waals surface area contributed by atoms with Crippen molar-refractivity contribution in [1.29, 1.82) is 0 Å². The zero-order valence-corrected chi connectivity index (χ0v) is 7.43. The molecule has 6 heteroatoms. The number of hydrogen-bond donors (Lipinski definition) is 0. The molecule has 0 fully saturated rings. The summed E-state index contributed by atoms with van der Waals surface area (Å²) in [5.74, 6) is 0. The first-order chi connectivity index (χ1) is 3.91. The van der Waals surface area contributed by atoms with Gasteiger partial charge in [-0.05, 0) is 6.92 Å². The van der Waals surface area contributed by atoms with E-state index in [1.54, 1.807) is 0 Å². The zero-order valence-electron chi connectivity index (χ0n) is 4.43. The number of rotatable bonds is 5. The van der Waals surface area contributed by atoms with Crippen LogP contribution < -0.4 is 0 Å². The Balaban J connectivity index is 2.53. The third kappa shape index (κ3) is 6.53. The Labute approximate surface area is 57.4 Å². The molecule has 0 rings (SSSR count). The van der Waals surface area contributed by atoms with E-state index in [1.165, 1.54) is 0 Å². The second kappa shape index (κ2) is 7.53. The average molecular weight is 161 g/mol. The fraction of sp³-hybridized carbons (Fsp3) is 1.00. The summed E-state index contributed by atoms with van der Waals surface area (Å²) in [4.78, 5) is 0. The standard InChI is InChI=1S/C2H5O3Si3/c1-2-3-7-5-8-4-6/h2H2,1H3. The van der Waals surface area contributed by atoms with E-state index in [0.717, 1.165) is 0 Å². The molecule has 0 spiro atoms. The van der Waals surface area contributed by atoms with Gasteiger partial charge >= 0.3 is 20.0 Å². The minimum absolute atomic E-state index is 0.0256. The Bertz CT molecular complexity index is 37.5. The highest BCUT2D eigenvalue weighted by Crippen LogP contribution is 1.69. The van der Waals surface area contributed by atoms with Gasteiger partial charge in [-0.15, -0.1) is 0 Å². The van der Waals surface area contributed by atoms with Crippen molar-refractivity contribution >= 4 is 30.5 Å². The topological polar surface area (TPSA) is 27.7 Å². The molecule has 8 heavy (non-hydrogen) atoms. The maximum absolute atomic E-state index is 4.85. The Morgan fingerprint density at radius 2 is 2.25 bits per heavy atom. The highest BCUT2D eigenvalue weighted by molar-refractivity contribution is 6.37. The summed E-state index contributed by atoms with van der Waals surface area (Å²) in [5, 5.41) is 0. The van der Waals surface area contributed by atoms with E-state index in [-0.39, 0.29) is 20.0 Å². The van der Waals surface area contributed by atoms with Gasteiger partial charge in [-0.2, -0.15) is 0 Å². The smallest absolute Gasteiger partial charge is 0.423 e. The minimum Gasteiger partial charge on any atom is -0.435 e. The summed E-state index contributed by atoms with van der Waals surface area (Å²) < 4.78 is 14.1. The molecule has 3 nitrogen and oxygen atoms in total. The summed E-state index contributed by atoms with van der Waals surface area (Å²) >= 11 is 0. The molecule has 0 N–H and O–H groups in total. The van der Waals surface area contributed by atoms with Crippen LogP contribution in [0.2, 0.25) is 0 Å². The summed E-state index contributed by atoms with van der Waals surface area (Å²) in [6.45, 7) is 2.60. The van der Waals surface area contributed by atoms with E-state index in [0.29, 0.717) is 6.61 Å². The lowest BCUT2D eigenvalue weighted by Crippen LogP contribution is -2.09. The molecule has 0 unspecified atom stereocenters. The first kappa shape index (κ1) is 8.53. The van der Waals surface area contributed by atoms with E-state index >= 15 is 0 Å². The third-order valence-electron chi connectivity index (χ3n) is 0.328. The fourth-order valence-electron chi connectivity index (χ4n) is 0.126. The van der Waals surface area contributed by atoms with Gasteiger partial charge in [0.25, 0.3) is 0 Å². The molecule has 0 saturated heterocycles. The molecule has 7 radical (unpaired) electrons. The van der Waals surface area contributed by atoms with Gasteiger partial charge < -0.3 is 12.7 Å². The van der Waals surface area contributed by atoms with Gasteiger partial charge in [-0.1, -0.05) is 0 Å².